The highest BCUT2D eigenvalue weighted by molar-refractivity contribution is 5.82. The van der Waals surface area contributed by atoms with Gasteiger partial charge in [-0.25, -0.2) is 4.79 Å². The lowest BCUT2D eigenvalue weighted by Crippen LogP contribution is -2.26. The molecule has 1 N–H and O–H groups in total. The van der Waals surface area contributed by atoms with Crippen molar-refractivity contribution in [1.29, 1.82) is 0 Å². The molecule has 3 aromatic carbocycles. The van der Waals surface area contributed by atoms with Gasteiger partial charge in [0.2, 0.25) is 0 Å². The normalized spacial score (nSPS) is 12.0. The van der Waals surface area contributed by atoms with Gasteiger partial charge < -0.3 is 14.6 Å². The zero-order chi connectivity index (χ0) is 21.2. The summed E-state index contributed by atoms with van der Waals surface area (Å²) in [4.78, 5) is 12.2. The van der Waals surface area contributed by atoms with E-state index >= 15 is 0 Å². The molecule has 1 aliphatic rings. The van der Waals surface area contributed by atoms with Gasteiger partial charge in [-0.15, -0.1) is 0 Å². The average molecular weight is 406 g/mol. The molecule has 1 aromatic heterocycles. The number of rotatable bonds is 3. The second-order valence-corrected chi connectivity index (χ2v) is 7.68. The number of amides is 1. The fraction of sp³-hybridized carbons (Fsp3) is 0.148. The number of aromatic nitrogens is 1. The van der Waals surface area contributed by atoms with E-state index in [1.807, 2.05) is 43.6 Å². The summed E-state index contributed by atoms with van der Waals surface area (Å²) in [7, 11) is 2.02. The zero-order valence-electron chi connectivity index (χ0n) is 17.3. The molecule has 0 aliphatic heterocycles. The number of ether oxygens (including phenoxy) is 1. The molecule has 4 aromatic rings. The number of carbonyl (C=O) groups is 1. The number of nitrogens with one attached hydrogen (secondary N) is 1. The predicted molar refractivity (Wildman–Crippen MR) is 123 cm³/mol. The molecule has 5 rings (SSSR count). The quantitative estimate of drug-likeness (QED) is 0.483. The fourth-order valence-corrected chi connectivity index (χ4v) is 4.27. The SMILES string of the molecule is Cn1ccc2cc(C#CCNC(=O)OCC3c4ccccc4-c4ccccc43)ccc21. The van der Waals surface area contributed by atoms with Crippen LogP contribution in [0.3, 0.4) is 0 Å². The van der Waals surface area contributed by atoms with Crippen molar-refractivity contribution >= 4 is 17.0 Å². The van der Waals surface area contributed by atoms with Crippen LogP contribution in [0.25, 0.3) is 22.0 Å². The highest BCUT2D eigenvalue weighted by Gasteiger charge is 2.28. The minimum Gasteiger partial charge on any atom is -0.449 e. The van der Waals surface area contributed by atoms with Crippen LogP contribution < -0.4 is 5.32 Å². The fourth-order valence-electron chi connectivity index (χ4n) is 4.27. The van der Waals surface area contributed by atoms with Gasteiger partial charge in [-0.1, -0.05) is 60.4 Å². The molecule has 1 amide bonds. The summed E-state index contributed by atoms with van der Waals surface area (Å²) in [5.74, 6) is 6.15. The molecule has 152 valence electrons. The maximum absolute atomic E-state index is 12.2. The van der Waals surface area contributed by atoms with Gasteiger partial charge in [0, 0.05) is 35.6 Å². The van der Waals surface area contributed by atoms with Crippen molar-refractivity contribution in [2.24, 2.45) is 7.05 Å². The second-order valence-electron chi connectivity index (χ2n) is 7.68. The van der Waals surface area contributed by atoms with Gasteiger partial charge in [0.25, 0.3) is 0 Å². The van der Waals surface area contributed by atoms with Gasteiger partial charge >= 0.3 is 6.09 Å². The predicted octanol–water partition coefficient (Wildman–Crippen LogP) is 5.07. The lowest BCUT2D eigenvalue weighted by atomic mass is 9.98. The number of carbonyl (C=O) groups excluding carboxylic acids is 1. The molecule has 0 fully saturated rings. The van der Waals surface area contributed by atoms with E-state index in [9.17, 15) is 4.79 Å². The second kappa shape index (κ2) is 8.04. The highest BCUT2D eigenvalue weighted by atomic mass is 16.5. The molecule has 31 heavy (non-hydrogen) atoms. The maximum atomic E-state index is 12.2. The van der Waals surface area contributed by atoms with Crippen LogP contribution in [0.1, 0.15) is 22.6 Å². The lowest BCUT2D eigenvalue weighted by molar-refractivity contribution is 0.144. The van der Waals surface area contributed by atoms with Gasteiger partial charge in [-0.3, -0.25) is 0 Å². The number of aryl methyl sites for hydroxylation is 1. The van der Waals surface area contributed by atoms with Gasteiger partial charge in [0.05, 0.1) is 6.54 Å². The Kier molecular flexibility index (Phi) is 4.93. The molecule has 0 bridgehead atoms. The Balaban J connectivity index is 1.19. The van der Waals surface area contributed by atoms with Gasteiger partial charge in [0.15, 0.2) is 0 Å². The van der Waals surface area contributed by atoms with Crippen molar-refractivity contribution in [3.63, 3.8) is 0 Å². The minimum atomic E-state index is -0.449. The Bertz CT molecular complexity index is 1290. The Labute approximate surface area is 181 Å². The van der Waals surface area contributed by atoms with Crippen LogP contribution in [0, 0.1) is 11.8 Å². The maximum Gasteiger partial charge on any atom is 0.407 e. The van der Waals surface area contributed by atoms with E-state index in [0.717, 1.165) is 10.9 Å². The molecule has 1 aliphatic carbocycles. The monoisotopic (exact) mass is 406 g/mol. The summed E-state index contributed by atoms with van der Waals surface area (Å²) in [6.07, 6.45) is 1.58. The standard InChI is InChI=1S/C27H22N2O2/c1-29-16-14-20-17-19(12-13-26(20)29)7-6-15-28-27(30)31-18-25-23-10-4-2-8-21(23)22-9-3-5-11-24(22)25/h2-5,8-14,16-17,25H,15,18H2,1H3,(H,28,30). The summed E-state index contributed by atoms with van der Waals surface area (Å²) in [6, 6.07) is 24.8. The van der Waals surface area contributed by atoms with E-state index in [0.29, 0.717) is 6.61 Å². The van der Waals surface area contributed by atoms with E-state index in [2.05, 4.69) is 64.2 Å². The molecule has 1 heterocycles. The van der Waals surface area contributed by atoms with Crippen LogP contribution >= 0.6 is 0 Å². The van der Waals surface area contributed by atoms with Crippen LogP contribution in [0.2, 0.25) is 0 Å². The first-order valence-electron chi connectivity index (χ1n) is 10.3. The van der Waals surface area contributed by atoms with Crippen LogP contribution in [0.4, 0.5) is 4.79 Å². The Morgan fingerprint density at radius 2 is 1.71 bits per heavy atom. The number of benzene rings is 3. The van der Waals surface area contributed by atoms with Crippen molar-refractivity contribution in [2.75, 3.05) is 13.2 Å². The first-order valence-corrected chi connectivity index (χ1v) is 10.3. The van der Waals surface area contributed by atoms with Gasteiger partial charge in [0.1, 0.15) is 6.61 Å². The largest absolute Gasteiger partial charge is 0.449 e. The van der Waals surface area contributed by atoms with Crippen LogP contribution in [-0.2, 0) is 11.8 Å². The third-order valence-electron chi connectivity index (χ3n) is 5.78. The van der Waals surface area contributed by atoms with Crippen molar-refractivity contribution in [3.8, 4) is 23.0 Å². The van der Waals surface area contributed by atoms with E-state index in [1.54, 1.807) is 0 Å². The molecule has 4 nitrogen and oxygen atoms in total. The Morgan fingerprint density at radius 1 is 1.00 bits per heavy atom. The zero-order valence-corrected chi connectivity index (χ0v) is 17.3. The smallest absolute Gasteiger partial charge is 0.407 e. The number of hydrogen-bond acceptors (Lipinski definition) is 2. The lowest BCUT2D eigenvalue weighted by Gasteiger charge is -2.14. The van der Waals surface area contributed by atoms with Crippen molar-refractivity contribution in [1.82, 2.24) is 9.88 Å². The average Bonchev–Trinajstić information content (AvgIpc) is 3.33. The Morgan fingerprint density at radius 3 is 2.45 bits per heavy atom. The summed E-state index contributed by atoms with van der Waals surface area (Å²) >= 11 is 0. The van der Waals surface area contributed by atoms with Crippen LogP contribution in [0.5, 0.6) is 0 Å². The van der Waals surface area contributed by atoms with Crippen molar-refractivity contribution in [3.05, 3.63) is 95.7 Å². The summed E-state index contributed by atoms with van der Waals surface area (Å²) in [6.45, 7) is 0.543. The molecule has 0 atom stereocenters. The summed E-state index contributed by atoms with van der Waals surface area (Å²) in [5.41, 5.74) is 6.93. The molecule has 0 spiro atoms. The van der Waals surface area contributed by atoms with Crippen molar-refractivity contribution in [2.45, 2.75) is 5.92 Å². The van der Waals surface area contributed by atoms with E-state index in [1.165, 1.54) is 27.8 Å². The van der Waals surface area contributed by atoms with Crippen LogP contribution in [0.15, 0.2) is 79.0 Å². The molecule has 0 saturated heterocycles. The topological polar surface area (TPSA) is 43.3 Å². The molecule has 0 radical (unpaired) electrons. The van der Waals surface area contributed by atoms with Gasteiger partial charge in [-0.05, 0) is 46.5 Å². The van der Waals surface area contributed by atoms with Crippen LogP contribution in [-0.4, -0.2) is 23.8 Å². The minimum absolute atomic E-state index is 0.0573. The summed E-state index contributed by atoms with van der Waals surface area (Å²) in [5, 5.41) is 3.88. The third-order valence-corrected chi connectivity index (χ3v) is 5.78. The first kappa shape index (κ1) is 19.0. The molecular formula is C27H22N2O2. The van der Waals surface area contributed by atoms with E-state index in [-0.39, 0.29) is 12.5 Å². The van der Waals surface area contributed by atoms with E-state index in [4.69, 9.17) is 4.74 Å². The molecule has 0 saturated carbocycles. The molecule has 0 unspecified atom stereocenters. The first-order chi connectivity index (χ1) is 15.2. The summed E-state index contributed by atoms with van der Waals surface area (Å²) < 4.78 is 7.61. The highest BCUT2D eigenvalue weighted by Crippen LogP contribution is 2.44. The number of alkyl carbamates (subject to hydrolysis) is 1. The Hall–Kier alpha value is -3.97. The number of fused-ring (bicyclic) bond motifs is 4. The van der Waals surface area contributed by atoms with Crippen molar-refractivity contribution < 1.29 is 9.53 Å². The number of nitrogens with zero attached hydrogens (tertiary/aromatic N) is 1. The molecular weight excluding hydrogens is 384 g/mol. The molecule has 4 heteroatoms. The van der Waals surface area contributed by atoms with E-state index < -0.39 is 6.09 Å². The number of hydrogen-bond donors (Lipinski definition) is 1. The van der Waals surface area contributed by atoms with Gasteiger partial charge in [-0.2, -0.15) is 0 Å². The third kappa shape index (κ3) is 3.67.